The van der Waals surface area contributed by atoms with E-state index in [2.05, 4.69) is 20.5 Å². The van der Waals surface area contributed by atoms with Crippen LogP contribution >= 0.6 is 0 Å². The van der Waals surface area contributed by atoms with Gasteiger partial charge in [0.2, 0.25) is 6.41 Å². The molecule has 35 heavy (non-hydrogen) atoms. The van der Waals surface area contributed by atoms with E-state index in [9.17, 15) is 14.7 Å². The molecule has 2 aromatic carbocycles. The minimum atomic E-state index is -0.147. The Hall–Kier alpha value is -3.65. The fourth-order valence-corrected chi connectivity index (χ4v) is 3.97. The lowest BCUT2D eigenvalue weighted by atomic mass is 10.0. The number of ether oxygens (including phenoxy) is 1. The van der Waals surface area contributed by atoms with Crippen LogP contribution in [0.1, 0.15) is 36.0 Å². The molecule has 1 saturated heterocycles. The number of nitrogens with one attached hydrogen (secondary N) is 2. The summed E-state index contributed by atoms with van der Waals surface area (Å²) < 4.78 is 5.61. The molecule has 0 aromatic heterocycles. The molecule has 0 unspecified atom stereocenters. The highest BCUT2D eigenvalue weighted by Gasteiger charge is 2.11. The van der Waals surface area contributed by atoms with Crippen LogP contribution in [0.5, 0.6) is 11.5 Å². The Morgan fingerprint density at radius 3 is 2.51 bits per heavy atom. The van der Waals surface area contributed by atoms with Gasteiger partial charge in [0.15, 0.2) is 6.61 Å². The number of aromatic hydroxyl groups is 1. The van der Waals surface area contributed by atoms with Gasteiger partial charge in [-0.05, 0) is 105 Å². The van der Waals surface area contributed by atoms with Crippen LogP contribution in [0.15, 0.2) is 53.5 Å². The first-order chi connectivity index (χ1) is 17.0. The van der Waals surface area contributed by atoms with Crippen molar-refractivity contribution in [3.05, 3.63) is 65.2 Å². The predicted molar refractivity (Wildman–Crippen MR) is 138 cm³/mol. The van der Waals surface area contributed by atoms with E-state index < -0.39 is 0 Å². The second-order valence-electron chi connectivity index (χ2n) is 8.50. The lowest BCUT2D eigenvalue weighted by Gasteiger charge is -2.14. The van der Waals surface area contributed by atoms with E-state index in [1.54, 1.807) is 49.5 Å². The van der Waals surface area contributed by atoms with Crippen molar-refractivity contribution in [2.75, 3.05) is 39.8 Å². The zero-order valence-corrected chi connectivity index (χ0v) is 20.4. The number of hydrogen-bond donors (Lipinski definition) is 3. The first-order valence-electron chi connectivity index (χ1n) is 11.9. The minimum absolute atomic E-state index is 0.0504. The summed E-state index contributed by atoms with van der Waals surface area (Å²) in [5, 5.41) is 15.4. The summed E-state index contributed by atoms with van der Waals surface area (Å²) in [6.07, 6.45) is 5.86. The van der Waals surface area contributed by atoms with Gasteiger partial charge in [0.25, 0.3) is 5.91 Å². The standard InChI is InChI=1S/C27H34N4O4/c1-20-16-22(8-11-26(20)33)24(28-2)17-25(30-19-32)21-6-9-23(10-7-21)35-18-27(34)29-12-5-15-31-13-3-4-14-31/h6-11,16-17,19,33H,3-5,12-15,18H2,1-2H3,(H,29,34)(H,30,32)/b25-17-,28-24?. The molecule has 186 valence electrons. The van der Waals surface area contributed by atoms with Crippen molar-refractivity contribution in [2.24, 2.45) is 4.99 Å². The number of hydrogen-bond acceptors (Lipinski definition) is 6. The van der Waals surface area contributed by atoms with Gasteiger partial charge in [-0.25, -0.2) is 0 Å². The van der Waals surface area contributed by atoms with Gasteiger partial charge < -0.3 is 25.4 Å². The molecule has 0 saturated carbocycles. The van der Waals surface area contributed by atoms with Crippen molar-refractivity contribution in [2.45, 2.75) is 26.2 Å². The van der Waals surface area contributed by atoms with E-state index in [0.717, 1.165) is 42.7 Å². The number of nitrogens with zero attached hydrogens (tertiary/aromatic N) is 2. The van der Waals surface area contributed by atoms with Crippen molar-refractivity contribution >= 4 is 23.7 Å². The van der Waals surface area contributed by atoms with Crippen molar-refractivity contribution < 1.29 is 19.4 Å². The number of aryl methyl sites for hydroxylation is 1. The zero-order chi connectivity index (χ0) is 25.0. The molecule has 0 spiro atoms. The summed E-state index contributed by atoms with van der Waals surface area (Å²) in [6.45, 7) is 5.75. The quantitative estimate of drug-likeness (QED) is 0.247. The average Bonchev–Trinajstić information content (AvgIpc) is 3.39. The maximum Gasteiger partial charge on any atom is 0.257 e. The molecule has 2 amide bonds. The number of phenolic OH excluding ortho intramolecular Hbond substituents is 1. The van der Waals surface area contributed by atoms with Crippen LogP contribution in [0.2, 0.25) is 0 Å². The number of amides is 2. The number of likely N-dealkylation sites (tertiary alicyclic amines) is 1. The van der Waals surface area contributed by atoms with Crippen molar-refractivity contribution in [3.8, 4) is 11.5 Å². The van der Waals surface area contributed by atoms with Crippen molar-refractivity contribution in [1.82, 2.24) is 15.5 Å². The molecule has 0 atom stereocenters. The third kappa shape index (κ3) is 7.96. The molecule has 0 bridgehead atoms. The van der Waals surface area contributed by atoms with Gasteiger partial charge in [-0.15, -0.1) is 0 Å². The number of phenols is 1. The van der Waals surface area contributed by atoms with E-state index in [-0.39, 0.29) is 18.3 Å². The smallest absolute Gasteiger partial charge is 0.257 e. The van der Waals surface area contributed by atoms with Crippen molar-refractivity contribution in [1.29, 1.82) is 0 Å². The van der Waals surface area contributed by atoms with Gasteiger partial charge in [0.1, 0.15) is 11.5 Å². The number of allylic oxidation sites excluding steroid dienone is 1. The molecule has 1 fully saturated rings. The SMILES string of the molecule is CN=C(/C=C(\NC=O)c1ccc(OCC(=O)NCCCN2CCCC2)cc1)c1ccc(O)c(C)c1. The summed E-state index contributed by atoms with van der Waals surface area (Å²) >= 11 is 0. The highest BCUT2D eigenvalue weighted by Crippen LogP contribution is 2.21. The summed E-state index contributed by atoms with van der Waals surface area (Å²) in [6, 6.07) is 12.3. The summed E-state index contributed by atoms with van der Waals surface area (Å²) in [5.41, 5.74) is 3.53. The molecule has 1 aliphatic rings. The van der Waals surface area contributed by atoms with Crippen LogP contribution in [0.4, 0.5) is 0 Å². The molecule has 1 aliphatic heterocycles. The average molecular weight is 479 g/mol. The topological polar surface area (TPSA) is 103 Å². The monoisotopic (exact) mass is 478 g/mol. The largest absolute Gasteiger partial charge is 0.508 e. The molecule has 8 heteroatoms. The first kappa shape index (κ1) is 26.0. The van der Waals surface area contributed by atoms with E-state index in [4.69, 9.17) is 4.74 Å². The van der Waals surface area contributed by atoms with E-state index in [1.165, 1.54) is 12.8 Å². The Morgan fingerprint density at radius 1 is 1.14 bits per heavy atom. The number of aliphatic imine (C=N–C) groups is 1. The first-order valence-corrected chi connectivity index (χ1v) is 11.9. The second-order valence-corrected chi connectivity index (χ2v) is 8.50. The van der Waals surface area contributed by atoms with Crippen LogP contribution in [0, 0.1) is 6.92 Å². The fraction of sp³-hybridized carbons (Fsp3) is 0.370. The maximum atomic E-state index is 12.1. The lowest BCUT2D eigenvalue weighted by Crippen LogP contribution is -2.32. The number of benzene rings is 2. The summed E-state index contributed by atoms with van der Waals surface area (Å²) in [5.74, 6) is 0.627. The molecule has 3 rings (SSSR count). The normalized spacial score (nSPS) is 14.6. The lowest BCUT2D eigenvalue weighted by molar-refractivity contribution is -0.123. The van der Waals surface area contributed by atoms with E-state index in [0.29, 0.717) is 30.1 Å². The molecule has 0 radical (unpaired) electrons. The highest BCUT2D eigenvalue weighted by molar-refractivity contribution is 6.12. The highest BCUT2D eigenvalue weighted by atomic mass is 16.5. The Labute approximate surface area is 206 Å². The molecular formula is C27H34N4O4. The van der Waals surface area contributed by atoms with Gasteiger partial charge >= 0.3 is 0 Å². The second kappa shape index (κ2) is 13.3. The van der Waals surface area contributed by atoms with Crippen LogP contribution in [0.3, 0.4) is 0 Å². The Morgan fingerprint density at radius 2 is 1.86 bits per heavy atom. The Kier molecular flexibility index (Phi) is 9.86. The molecule has 3 N–H and O–H groups in total. The van der Waals surface area contributed by atoms with E-state index in [1.807, 2.05) is 13.0 Å². The molecule has 0 aliphatic carbocycles. The fourth-order valence-electron chi connectivity index (χ4n) is 3.97. The van der Waals surface area contributed by atoms with Crippen LogP contribution in [-0.4, -0.2) is 67.9 Å². The summed E-state index contributed by atoms with van der Waals surface area (Å²) in [7, 11) is 1.67. The summed E-state index contributed by atoms with van der Waals surface area (Å²) in [4.78, 5) is 30.0. The Balaban J connectivity index is 1.55. The molecule has 2 aromatic rings. The van der Waals surface area contributed by atoms with Crippen LogP contribution in [0.25, 0.3) is 5.70 Å². The third-order valence-electron chi connectivity index (χ3n) is 5.94. The maximum absolute atomic E-state index is 12.1. The molecule has 1 heterocycles. The van der Waals surface area contributed by atoms with Crippen LogP contribution in [-0.2, 0) is 9.59 Å². The van der Waals surface area contributed by atoms with Crippen LogP contribution < -0.4 is 15.4 Å². The van der Waals surface area contributed by atoms with Gasteiger partial charge in [-0.2, -0.15) is 0 Å². The van der Waals surface area contributed by atoms with Gasteiger partial charge in [0, 0.05) is 24.9 Å². The number of carbonyl (C=O) groups is 2. The third-order valence-corrected chi connectivity index (χ3v) is 5.94. The van der Waals surface area contributed by atoms with Crippen molar-refractivity contribution in [3.63, 3.8) is 0 Å². The van der Waals surface area contributed by atoms with Gasteiger partial charge in [-0.3, -0.25) is 14.6 Å². The molecular weight excluding hydrogens is 444 g/mol. The predicted octanol–water partition coefficient (Wildman–Crippen LogP) is 2.89. The van der Waals surface area contributed by atoms with Gasteiger partial charge in [-0.1, -0.05) is 0 Å². The van der Waals surface area contributed by atoms with Gasteiger partial charge in [0.05, 0.1) is 5.71 Å². The minimum Gasteiger partial charge on any atom is -0.508 e. The number of rotatable bonds is 12. The molecule has 8 nitrogen and oxygen atoms in total. The Bertz CT molecular complexity index is 1060. The number of carbonyl (C=O) groups excluding carboxylic acids is 2. The van der Waals surface area contributed by atoms with E-state index >= 15 is 0 Å². The zero-order valence-electron chi connectivity index (χ0n) is 20.4.